The van der Waals surface area contributed by atoms with Gasteiger partial charge in [-0.2, -0.15) is 0 Å². The zero-order valence-electron chi connectivity index (χ0n) is 9.22. The Balaban J connectivity index is 0. The van der Waals surface area contributed by atoms with Gasteiger partial charge in [0.2, 0.25) is 0 Å². The lowest BCUT2D eigenvalue weighted by atomic mass is 10.0. The second-order valence-corrected chi connectivity index (χ2v) is 4.15. The van der Waals surface area contributed by atoms with Crippen LogP contribution in [0.4, 0.5) is 0 Å². The average molecular weight is 209 g/mol. The molecule has 0 aromatic carbocycles. The van der Waals surface area contributed by atoms with Crippen molar-refractivity contribution in [1.29, 1.82) is 0 Å². The maximum atomic E-state index is 9.03. The number of aliphatic hydroxyl groups is 3. The lowest BCUT2D eigenvalue weighted by molar-refractivity contribution is -0.894. The summed E-state index contributed by atoms with van der Waals surface area (Å²) in [7, 11) is 3.95. The minimum atomic E-state index is -1.25. The van der Waals surface area contributed by atoms with Crippen LogP contribution in [0, 0.1) is 5.92 Å². The normalized spacial score (nSPS) is 13.9. The third-order valence-electron chi connectivity index (χ3n) is 2.38. The van der Waals surface area contributed by atoms with E-state index in [1.165, 1.54) is 0 Å². The third-order valence-corrected chi connectivity index (χ3v) is 2.38. The van der Waals surface area contributed by atoms with Crippen molar-refractivity contribution in [2.24, 2.45) is 5.92 Å². The Kier molecular flexibility index (Phi) is 8.28. The molecule has 0 rings (SSSR count). The SMILES string of the molecule is CCC(C[N+](C)(C)CCO)C(O)O.[OH-]. The third kappa shape index (κ3) is 6.28. The van der Waals surface area contributed by atoms with Gasteiger partial charge in [0.25, 0.3) is 0 Å². The Bertz CT molecular complexity index is 139. The molecule has 0 aliphatic rings. The van der Waals surface area contributed by atoms with Crippen LogP contribution in [0.25, 0.3) is 0 Å². The van der Waals surface area contributed by atoms with E-state index < -0.39 is 6.29 Å². The van der Waals surface area contributed by atoms with Gasteiger partial charge in [0.05, 0.1) is 33.2 Å². The van der Waals surface area contributed by atoms with E-state index >= 15 is 0 Å². The van der Waals surface area contributed by atoms with Crippen LogP contribution in [-0.4, -0.2) is 65.4 Å². The van der Waals surface area contributed by atoms with Crippen molar-refractivity contribution in [1.82, 2.24) is 0 Å². The van der Waals surface area contributed by atoms with Crippen molar-refractivity contribution in [2.45, 2.75) is 19.6 Å². The van der Waals surface area contributed by atoms with Gasteiger partial charge >= 0.3 is 0 Å². The van der Waals surface area contributed by atoms with Gasteiger partial charge in [0.1, 0.15) is 6.54 Å². The quantitative estimate of drug-likeness (QED) is 0.395. The summed E-state index contributed by atoms with van der Waals surface area (Å²) < 4.78 is 0.618. The highest BCUT2D eigenvalue weighted by Crippen LogP contribution is 2.12. The summed E-state index contributed by atoms with van der Waals surface area (Å²) in [6, 6.07) is 0. The van der Waals surface area contributed by atoms with Gasteiger partial charge in [-0.15, -0.1) is 0 Å². The van der Waals surface area contributed by atoms with Crippen LogP contribution in [0.3, 0.4) is 0 Å². The molecule has 0 saturated carbocycles. The Morgan fingerprint density at radius 2 is 1.71 bits per heavy atom. The van der Waals surface area contributed by atoms with Crippen molar-refractivity contribution in [3.05, 3.63) is 0 Å². The van der Waals surface area contributed by atoms with E-state index in [1.807, 2.05) is 21.0 Å². The molecule has 0 fully saturated rings. The monoisotopic (exact) mass is 209 g/mol. The molecular weight excluding hydrogens is 186 g/mol. The molecule has 88 valence electrons. The molecule has 14 heavy (non-hydrogen) atoms. The van der Waals surface area contributed by atoms with Crippen LogP contribution in [0.15, 0.2) is 0 Å². The number of hydrogen-bond donors (Lipinski definition) is 3. The van der Waals surface area contributed by atoms with E-state index in [4.69, 9.17) is 15.3 Å². The summed E-state index contributed by atoms with van der Waals surface area (Å²) in [5, 5.41) is 26.8. The van der Waals surface area contributed by atoms with Gasteiger partial charge in [-0.05, 0) is 6.42 Å². The Morgan fingerprint density at radius 1 is 1.21 bits per heavy atom. The topological polar surface area (TPSA) is 90.7 Å². The number of hydrogen-bond acceptors (Lipinski definition) is 4. The number of rotatable bonds is 6. The van der Waals surface area contributed by atoms with Crippen LogP contribution >= 0.6 is 0 Å². The van der Waals surface area contributed by atoms with Gasteiger partial charge in [0.15, 0.2) is 6.29 Å². The van der Waals surface area contributed by atoms with Crippen molar-refractivity contribution >= 4 is 0 Å². The van der Waals surface area contributed by atoms with Crippen LogP contribution in [0.5, 0.6) is 0 Å². The molecule has 1 unspecified atom stereocenters. The predicted molar refractivity (Wildman–Crippen MR) is 52.9 cm³/mol. The Morgan fingerprint density at radius 3 is 2.00 bits per heavy atom. The molecule has 5 heteroatoms. The van der Waals surface area contributed by atoms with Gasteiger partial charge in [-0.25, -0.2) is 0 Å². The van der Waals surface area contributed by atoms with Crippen LogP contribution in [0.1, 0.15) is 13.3 Å². The van der Waals surface area contributed by atoms with Gasteiger partial charge in [-0.1, -0.05) is 6.92 Å². The molecule has 0 saturated heterocycles. The second kappa shape index (κ2) is 7.14. The van der Waals surface area contributed by atoms with Crippen LogP contribution < -0.4 is 0 Å². The molecule has 0 aromatic rings. The summed E-state index contributed by atoms with van der Waals surface area (Å²) in [5.41, 5.74) is 0. The molecule has 0 radical (unpaired) electrons. The van der Waals surface area contributed by atoms with Crippen molar-refractivity contribution < 1.29 is 25.3 Å². The van der Waals surface area contributed by atoms with Gasteiger partial charge in [-0.3, -0.25) is 0 Å². The van der Waals surface area contributed by atoms with E-state index in [1.54, 1.807) is 0 Å². The molecule has 0 bridgehead atoms. The highest BCUT2D eigenvalue weighted by molar-refractivity contribution is 4.57. The lowest BCUT2D eigenvalue weighted by Gasteiger charge is -2.33. The fraction of sp³-hybridized carbons (Fsp3) is 1.00. The first-order valence-electron chi connectivity index (χ1n) is 4.72. The number of nitrogens with zero attached hydrogens (tertiary/aromatic N) is 1. The van der Waals surface area contributed by atoms with Crippen LogP contribution in [0.2, 0.25) is 0 Å². The predicted octanol–water partition coefficient (Wildman–Crippen LogP) is -0.785. The molecule has 0 amide bonds. The largest absolute Gasteiger partial charge is 0.870 e. The second-order valence-electron chi connectivity index (χ2n) is 4.15. The van der Waals surface area contributed by atoms with Crippen molar-refractivity contribution in [3.63, 3.8) is 0 Å². The van der Waals surface area contributed by atoms with Gasteiger partial charge in [0, 0.05) is 0 Å². The summed E-state index contributed by atoms with van der Waals surface area (Å²) in [5.74, 6) is -0.110. The average Bonchev–Trinajstić information content (AvgIpc) is 1.99. The molecule has 0 aromatic heterocycles. The number of likely N-dealkylation sites (N-methyl/N-ethyl adjacent to an activating group) is 1. The lowest BCUT2D eigenvalue weighted by Crippen LogP contribution is -2.47. The fourth-order valence-corrected chi connectivity index (χ4v) is 1.43. The first kappa shape index (κ1) is 16.2. The zero-order valence-corrected chi connectivity index (χ0v) is 9.22. The molecule has 4 N–H and O–H groups in total. The van der Waals surface area contributed by atoms with E-state index in [-0.39, 0.29) is 18.0 Å². The highest BCUT2D eigenvalue weighted by atomic mass is 16.5. The first-order valence-corrected chi connectivity index (χ1v) is 4.72. The van der Waals surface area contributed by atoms with Crippen LogP contribution in [-0.2, 0) is 0 Å². The molecule has 1 atom stereocenters. The van der Waals surface area contributed by atoms with Crippen molar-refractivity contribution in [2.75, 3.05) is 33.8 Å². The van der Waals surface area contributed by atoms with E-state index in [9.17, 15) is 0 Å². The summed E-state index contributed by atoms with van der Waals surface area (Å²) >= 11 is 0. The summed E-state index contributed by atoms with van der Waals surface area (Å²) in [6.07, 6.45) is -0.508. The molecule has 0 aliphatic carbocycles. The molecule has 0 aliphatic heterocycles. The molecule has 0 spiro atoms. The Labute approximate surface area is 85.5 Å². The van der Waals surface area contributed by atoms with E-state index in [2.05, 4.69) is 0 Å². The summed E-state index contributed by atoms with van der Waals surface area (Å²) in [6.45, 7) is 3.38. The first-order chi connectivity index (χ1) is 5.93. The van der Waals surface area contributed by atoms with E-state index in [0.29, 0.717) is 17.6 Å². The molecule has 0 heterocycles. The molecular formula is C9H23NO4. The van der Waals surface area contributed by atoms with Crippen molar-refractivity contribution in [3.8, 4) is 0 Å². The smallest absolute Gasteiger partial charge is 0.159 e. The molecule has 5 nitrogen and oxygen atoms in total. The minimum absolute atomic E-state index is 0. The van der Waals surface area contributed by atoms with Gasteiger partial charge < -0.3 is 25.3 Å². The highest BCUT2D eigenvalue weighted by Gasteiger charge is 2.24. The fourth-order valence-electron chi connectivity index (χ4n) is 1.43. The standard InChI is InChI=1S/C9H22NO3.H2O/c1-4-8(9(12)13)7-10(2,3)5-6-11;/h8-9,11-13H,4-7H2,1-3H3;1H2/q+1;/p-1. The maximum absolute atomic E-state index is 9.03. The summed E-state index contributed by atoms with van der Waals surface area (Å²) in [4.78, 5) is 0. The minimum Gasteiger partial charge on any atom is -0.870 e. The van der Waals surface area contributed by atoms with E-state index in [0.717, 1.165) is 6.42 Å². The number of quaternary nitrogens is 1. The maximum Gasteiger partial charge on any atom is 0.159 e. The Hall–Kier alpha value is -0.200. The zero-order chi connectivity index (χ0) is 10.5. The number of aliphatic hydroxyl groups excluding tert-OH is 2.